The summed E-state index contributed by atoms with van der Waals surface area (Å²) in [6.07, 6.45) is -0.510. The Hall–Kier alpha value is -1.54. The summed E-state index contributed by atoms with van der Waals surface area (Å²) < 4.78 is 0. The lowest BCUT2D eigenvalue weighted by atomic mass is 10.5. The van der Waals surface area contributed by atoms with Crippen LogP contribution in [-0.4, -0.2) is 48.6 Å². The predicted molar refractivity (Wildman–Crippen MR) is 44.4 cm³/mol. The smallest absolute Gasteiger partial charge is 0.336 e. The minimum absolute atomic E-state index is 0.300. The van der Waals surface area contributed by atoms with E-state index in [2.05, 4.69) is 16.1 Å². The second-order valence-electron chi connectivity index (χ2n) is 2.87. The fourth-order valence-electron chi connectivity index (χ4n) is 1.25. The molecule has 2 saturated heterocycles. The lowest BCUT2D eigenvalue weighted by Crippen LogP contribution is -2.64. The third-order valence-corrected chi connectivity index (χ3v) is 1.87. The number of hydrogen-bond donors (Lipinski definition) is 3. The zero-order valence-electron chi connectivity index (χ0n) is 7.45. The van der Waals surface area contributed by atoms with Gasteiger partial charge in [0.25, 0.3) is 0 Å². The Morgan fingerprint density at radius 2 is 1.93 bits per heavy atom. The van der Waals surface area contributed by atoms with Crippen LogP contribution in [0.1, 0.15) is 0 Å². The molecular weight excluding hydrogens is 190 g/mol. The average Bonchev–Trinajstić information content (AvgIpc) is 2.18. The Balaban J connectivity index is 1.92. The van der Waals surface area contributed by atoms with Gasteiger partial charge < -0.3 is 15.5 Å². The van der Waals surface area contributed by atoms with Gasteiger partial charge in [0.1, 0.15) is 0 Å². The van der Waals surface area contributed by atoms with Crippen molar-refractivity contribution in [2.24, 2.45) is 0 Å². The van der Waals surface area contributed by atoms with E-state index in [1.165, 1.54) is 10.3 Å². The number of nitrogens with one attached hydrogen (secondary N) is 3. The first-order valence-electron chi connectivity index (χ1n) is 4.31. The molecule has 2 heterocycles. The van der Waals surface area contributed by atoms with Gasteiger partial charge in [0, 0.05) is 13.1 Å². The van der Waals surface area contributed by atoms with E-state index in [4.69, 9.17) is 4.84 Å². The predicted octanol–water partition coefficient (Wildman–Crippen LogP) is -1.61. The van der Waals surface area contributed by atoms with Crippen LogP contribution in [0.3, 0.4) is 0 Å². The molecule has 0 radical (unpaired) electrons. The van der Waals surface area contributed by atoms with Gasteiger partial charge in [-0.25, -0.2) is 9.59 Å². The van der Waals surface area contributed by atoms with Crippen molar-refractivity contribution >= 4 is 12.1 Å². The Bertz CT molecular complexity index is 232. The number of hydroxylamine groups is 1. The summed E-state index contributed by atoms with van der Waals surface area (Å²) >= 11 is 0. The fraction of sp³-hybridized carbons (Fsp3) is 0.667. The van der Waals surface area contributed by atoms with Crippen LogP contribution in [0.5, 0.6) is 0 Å². The second kappa shape index (κ2) is 3.68. The molecule has 0 bridgehead atoms. The van der Waals surface area contributed by atoms with Crippen LogP contribution >= 0.6 is 0 Å². The first-order valence-corrected chi connectivity index (χ1v) is 4.31. The number of hydrogen-bond acceptors (Lipinski definition) is 5. The SMILES string of the molecule is O=C1NCCN(N2CCNC(=O)O2)N1. The summed E-state index contributed by atoms with van der Waals surface area (Å²) in [6, 6.07) is -0.300. The van der Waals surface area contributed by atoms with E-state index >= 15 is 0 Å². The summed E-state index contributed by atoms with van der Waals surface area (Å²) in [5.41, 5.74) is 2.51. The van der Waals surface area contributed by atoms with Gasteiger partial charge in [-0.1, -0.05) is 0 Å². The zero-order valence-corrected chi connectivity index (χ0v) is 7.45. The number of nitrogens with zero attached hydrogens (tertiary/aromatic N) is 2. The Labute approximate surface area is 80.1 Å². The second-order valence-corrected chi connectivity index (χ2v) is 2.87. The van der Waals surface area contributed by atoms with Crippen molar-refractivity contribution in [1.29, 1.82) is 0 Å². The number of amides is 3. The Kier molecular flexibility index (Phi) is 2.37. The lowest BCUT2D eigenvalue weighted by molar-refractivity contribution is -0.267. The monoisotopic (exact) mass is 201 g/mol. The van der Waals surface area contributed by atoms with Gasteiger partial charge in [0.15, 0.2) is 0 Å². The third-order valence-electron chi connectivity index (χ3n) is 1.87. The molecule has 3 N–H and O–H groups in total. The molecule has 2 rings (SSSR count). The Morgan fingerprint density at radius 3 is 2.64 bits per heavy atom. The molecule has 0 saturated carbocycles. The van der Waals surface area contributed by atoms with Gasteiger partial charge in [0.05, 0.1) is 13.1 Å². The summed E-state index contributed by atoms with van der Waals surface area (Å²) in [6.45, 7) is 2.08. The highest BCUT2D eigenvalue weighted by Gasteiger charge is 2.27. The van der Waals surface area contributed by atoms with E-state index in [9.17, 15) is 9.59 Å². The standard InChI is InChI=1S/C6H11N5O3/c12-5-7-1-3-10(9-5)11-4-2-8-6(13)14-11/h1-4H2,(H,8,13)(H2,7,9,12). The van der Waals surface area contributed by atoms with Crippen LogP contribution in [0.25, 0.3) is 0 Å². The van der Waals surface area contributed by atoms with Crippen LogP contribution < -0.4 is 16.1 Å². The summed E-state index contributed by atoms with van der Waals surface area (Å²) in [7, 11) is 0. The van der Waals surface area contributed by atoms with E-state index in [0.29, 0.717) is 26.2 Å². The third kappa shape index (κ3) is 1.86. The van der Waals surface area contributed by atoms with Crippen molar-refractivity contribution in [2.75, 3.05) is 26.2 Å². The van der Waals surface area contributed by atoms with Crippen molar-refractivity contribution in [3.05, 3.63) is 0 Å². The van der Waals surface area contributed by atoms with E-state index in [0.717, 1.165) is 0 Å². The van der Waals surface area contributed by atoms with Gasteiger partial charge in [-0.05, 0) is 5.17 Å². The van der Waals surface area contributed by atoms with Crippen molar-refractivity contribution in [3.63, 3.8) is 0 Å². The van der Waals surface area contributed by atoms with Gasteiger partial charge in [-0.15, -0.1) is 5.12 Å². The number of urea groups is 1. The number of hydrazine groups is 2. The van der Waals surface area contributed by atoms with Crippen LogP contribution in [0, 0.1) is 0 Å². The topological polar surface area (TPSA) is 85.9 Å². The first kappa shape index (κ1) is 9.03. The molecule has 8 nitrogen and oxygen atoms in total. The molecule has 0 spiro atoms. The maximum atomic E-state index is 11.0. The van der Waals surface area contributed by atoms with Crippen molar-refractivity contribution in [3.8, 4) is 0 Å². The highest BCUT2D eigenvalue weighted by Crippen LogP contribution is 2.01. The molecule has 78 valence electrons. The van der Waals surface area contributed by atoms with Crippen molar-refractivity contribution in [1.82, 2.24) is 26.3 Å². The normalized spacial score (nSPS) is 24.6. The molecule has 0 aliphatic carbocycles. The van der Waals surface area contributed by atoms with Crippen LogP contribution in [-0.2, 0) is 4.84 Å². The largest absolute Gasteiger partial charge is 0.427 e. The van der Waals surface area contributed by atoms with E-state index in [1.807, 2.05) is 0 Å². The molecule has 2 aliphatic rings. The molecule has 3 amide bonds. The summed E-state index contributed by atoms with van der Waals surface area (Å²) in [5, 5.41) is 7.89. The van der Waals surface area contributed by atoms with Crippen LogP contribution in [0.2, 0.25) is 0 Å². The number of carbonyl (C=O) groups excluding carboxylic acids is 2. The highest BCUT2D eigenvalue weighted by atomic mass is 16.8. The molecule has 2 fully saturated rings. The molecule has 2 aliphatic heterocycles. The molecular formula is C6H11N5O3. The highest BCUT2D eigenvalue weighted by molar-refractivity contribution is 5.73. The minimum atomic E-state index is -0.510. The van der Waals surface area contributed by atoms with Gasteiger partial charge in [-0.2, -0.15) is 0 Å². The van der Waals surface area contributed by atoms with E-state index < -0.39 is 6.09 Å². The maximum Gasteiger partial charge on any atom is 0.427 e. The lowest BCUT2D eigenvalue weighted by Gasteiger charge is -2.37. The van der Waals surface area contributed by atoms with Crippen LogP contribution in [0.15, 0.2) is 0 Å². The van der Waals surface area contributed by atoms with Gasteiger partial charge in [0.2, 0.25) is 0 Å². The number of rotatable bonds is 1. The van der Waals surface area contributed by atoms with E-state index in [1.54, 1.807) is 0 Å². The molecule has 0 aromatic carbocycles. The van der Waals surface area contributed by atoms with Crippen molar-refractivity contribution < 1.29 is 14.4 Å². The molecule has 0 aromatic heterocycles. The number of carbonyl (C=O) groups is 2. The average molecular weight is 201 g/mol. The van der Waals surface area contributed by atoms with E-state index in [-0.39, 0.29) is 6.03 Å². The molecule has 8 heteroatoms. The molecule has 0 aromatic rings. The summed E-state index contributed by atoms with van der Waals surface area (Å²) in [5.74, 6) is 0. The molecule has 14 heavy (non-hydrogen) atoms. The molecule has 0 atom stereocenters. The summed E-state index contributed by atoms with van der Waals surface area (Å²) in [4.78, 5) is 26.7. The zero-order chi connectivity index (χ0) is 9.97. The van der Waals surface area contributed by atoms with Gasteiger partial charge in [-0.3, -0.25) is 5.43 Å². The minimum Gasteiger partial charge on any atom is -0.336 e. The fourth-order valence-corrected chi connectivity index (χ4v) is 1.25. The van der Waals surface area contributed by atoms with Crippen molar-refractivity contribution in [2.45, 2.75) is 0 Å². The maximum absolute atomic E-state index is 11.0. The Morgan fingerprint density at radius 1 is 1.14 bits per heavy atom. The quantitative estimate of drug-likeness (QED) is 0.475. The molecule has 0 unspecified atom stereocenters. The van der Waals surface area contributed by atoms with Crippen LogP contribution in [0.4, 0.5) is 9.59 Å². The van der Waals surface area contributed by atoms with Gasteiger partial charge >= 0.3 is 12.1 Å². The first-order chi connectivity index (χ1) is 6.75.